The maximum atomic E-state index is 11.7. The molecular formula is C6H5ClF2N2O. The number of anilines is 1. The van der Waals surface area contributed by atoms with Crippen LogP contribution in [-0.2, 0) is 0 Å². The summed E-state index contributed by atoms with van der Waals surface area (Å²) in [6.45, 7) is -2.95. The standard InChI is InChI=1S/C6H5ClF2N2O/c7-3-1-2-11-5(4(3)10)12-6(8)9/h1-2,6H,10H2. The lowest BCUT2D eigenvalue weighted by Gasteiger charge is -2.05. The average Bonchev–Trinajstić information content (AvgIpc) is 1.98. The summed E-state index contributed by atoms with van der Waals surface area (Å²) in [5, 5.41) is 0.139. The number of nitrogens with two attached hydrogens (primary N) is 1. The summed E-state index contributed by atoms with van der Waals surface area (Å²) in [4.78, 5) is 3.47. The molecule has 66 valence electrons. The normalized spacial score (nSPS) is 10.3. The fourth-order valence-electron chi connectivity index (χ4n) is 0.610. The number of rotatable bonds is 2. The van der Waals surface area contributed by atoms with Gasteiger partial charge in [-0.2, -0.15) is 8.78 Å². The number of ether oxygens (including phenoxy) is 1. The Kier molecular flexibility index (Phi) is 2.65. The maximum Gasteiger partial charge on any atom is 0.388 e. The Labute approximate surface area is 72.1 Å². The first-order chi connectivity index (χ1) is 5.61. The maximum absolute atomic E-state index is 11.7. The molecule has 0 aromatic carbocycles. The zero-order valence-electron chi connectivity index (χ0n) is 5.80. The Bertz CT molecular complexity index is 282. The van der Waals surface area contributed by atoms with Crippen molar-refractivity contribution in [1.29, 1.82) is 0 Å². The molecule has 0 radical (unpaired) electrons. The number of nitrogen functional groups attached to an aromatic ring is 1. The highest BCUT2D eigenvalue weighted by atomic mass is 35.5. The van der Waals surface area contributed by atoms with Gasteiger partial charge in [0.25, 0.3) is 0 Å². The predicted molar refractivity (Wildman–Crippen MR) is 40.3 cm³/mol. The highest BCUT2D eigenvalue weighted by Crippen LogP contribution is 2.27. The van der Waals surface area contributed by atoms with Crippen molar-refractivity contribution in [2.45, 2.75) is 6.61 Å². The first-order valence-corrected chi connectivity index (χ1v) is 3.34. The topological polar surface area (TPSA) is 48.1 Å². The first-order valence-electron chi connectivity index (χ1n) is 2.96. The molecule has 6 heteroatoms. The van der Waals surface area contributed by atoms with Gasteiger partial charge in [-0.3, -0.25) is 0 Å². The third kappa shape index (κ3) is 1.94. The molecule has 1 rings (SSSR count). The van der Waals surface area contributed by atoms with E-state index in [1.165, 1.54) is 12.3 Å². The molecule has 3 nitrogen and oxygen atoms in total. The van der Waals surface area contributed by atoms with Gasteiger partial charge in [0.05, 0.1) is 5.02 Å². The molecule has 0 aliphatic heterocycles. The molecular weight excluding hydrogens is 190 g/mol. The van der Waals surface area contributed by atoms with Crippen molar-refractivity contribution in [1.82, 2.24) is 4.98 Å². The van der Waals surface area contributed by atoms with E-state index in [0.717, 1.165) is 0 Å². The fraction of sp³-hybridized carbons (Fsp3) is 0.167. The second kappa shape index (κ2) is 3.53. The Balaban J connectivity index is 2.92. The van der Waals surface area contributed by atoms with Crippen LogP contribution in [0, 0.1) is 0 Å². The molecule has 1 heterocycles. The molecule has 0 atom stereocenters. The van der Waals surface area contributed by atoms with Gasteiger partial charge in [-0.1, -0.05) is 11.6 Å². The lowest BCUT2D eigenvalue weighted by atomic mass is 10.4. The molecule has 0 aliphatic rings. The van der Waals surface area contributed by atoms with Gasteiger partial charge < -0.3 is 10.5 Å². The molecule has 0 saturated carbocycles. The summed E-state index contributed by atoms with van der Waals surface area (Å²) >= 11 is 5.51. The van der Waals surface area contributed by atoms with Crippen molar-refractivity contribution >= 4 is 17.3 Å². The minimum Gasteiger partial charge on any atom is -0.415 e. The van der Waals surface area contributed by atoms with Gasteiger partial charge in [-0.15, -0.1) is 0 Å². The number of pyridine rings is 1. The third-order valence-corrected chi connectivity index (χ3v) is 1.43. The van der Waals surface area contributed by atoms with Gasteiger partial charge in [-0.05, 0) is 6.07 Å². The molecule has 0 fully saturated rings. The van der Waals surface area contributed by atoms with Crippen LogP contribution in [0.15, 0.2) is 12.3 Å². The summed E-state index contributed by atoms with van der Waals surface area (Å²) < 4.78 is 27.3. The molecule has 0 saturated heterocycles. The van der Waals surface area contributed by atoms with Crippen LogP contribution in [0.5, 0.6) is 5.88 Å². The number of hydrogen-bond acceptors (Lipinski definition) is 3. The molecule has 2 N–H and O–H groups in total. The van der Waals surface area contributed by atoms with Crippen molar-refractivity contribution in [3.05, 3.63) is 17.3 Å². The van der Waals surface area contributed by atoms with Crippen molar-refractivity contribution < 1.29 is 13.5 Å². The quantitative estimate of drug-likeness (QED) is 0.783. The predicted octanol–water partition coefficient (Wildman–Crippen LogP) is 1.92. The van der Waals surface area contributed by atoms with Crippen LogP contribution in [0.4, 0.5) is 14.5 Å². The Morgan fingerprint density at radius 3 is 2.83 bits per heavy atom. The lowest BCUT2D eigenvalue weighted by molar-refractivity contribution is -0.0522. The van der Waals surface area contributed by atoms with Gasteiger partial charge in [0.15, 0.2) is 0 Å². The van der Waals surface area contributed by atoms with Crippen LogP contribution in [0.3, 0.4) is 0 Å². The second-order valence-corrected chi connectivity index (χ2v) is 2.30. The van der Waals surface area contributed by atoms with Crippen LogP contribution in [0.2, 0.25) is 5.02 Å². The second-order valence-electron chi connectivity index (χ2n) is 1.89. The largest absolute Gasteiger partial charge is 0.415 e. The molecule has 0 amide bonds. The number of nitrogens with zero attached hydrogens (tertiary/aromatic N) is 1. The summed E-state index contributed by atoms with van der Waals surface area (Å²) in [7, 11) is 0. The smallest absolute Gasteiger partial charge is 0.388 e. The summed E-state index contributed by atoms with van der Waals surface area (Å²) in [6, 6.07) is 1.38. The van der Waals surface area contributed by atoms with E-state index in [-0.39, 0.29) is 16.6 Å². The van der Waals surface area contributed by atoms with Crippen molar-refractivity contribution in [3.8, 4) is 5.88 Å². The van der Waals surface area contributed by atoms with Gasteiger partial charge >= 0.3 is 6.61 Å². The van der Waals surface area contributed by atoms with E-state index >= 15 is 0 Å². The van der Waals surface area contributed by atoms with Crippen molar-refractivity contribution in [3.63, 3.8) is 0 Å². The van der Waals surface area contributed by atoms with E-state index < -0.39 is 6.61 Å². The first kappa shape index (κ1) is 8.99. The molecule has 0 bridgehead atoms. The van der Waals surface area contributed by atoms with Crippen LogP contribution in [0.25, 0.3) is 0 Å². The Morgan fingerprint density at radius 2 is 2.25 bits per heavy atom. The van der Waals surface area contributed by atoms with E-state index in [9.17, 15) is 8.78 Å². The molecule has 12 heavy (non-hydrogen) atoms. The molecule has 0 aliphatic carbocycles. The highest BCUT2D eigenvalue weighted by Gasteiger charge is 2.10. The van der Waals surface area contributed by atoms with E-state index in [0.29, 0.717) is 0 Å². The van der Waals surface area contributed by atoms with Crippen molar-refractivity contribution in [2.24, 2.45) is 0 Å². The average molecular weight is 195 g/mol. The van der Waals surface area contributed by atoms with Crippen molar-refractivity contribution in [2.75, 3.05) is 5.73 Å². The molecule has 1 aromatic rings. The van der Waals surface area contributed by atoms with E-state index in [2.05, 4.69) is 9.72 Å². The third-order valence-electron chi connectivity index (χ3n) is 1.10. The Hall–Kier alpha value is -1.10. The zero-order chi connectivity index (χ0) is 9.14. The summed E-state index contributed by atoms with van der Waals surface area (Å²) in [5.74, 6) is -0.350. The summed E-state index contributed by atoms with van der Waals surface area (Å²) in [6.07, 6.45) is 1.23. The number of aromatic nitrogens is 1. The monoisotopic (exact) mass is 194 g/mol. The van der Waals surface area contributed by atoms with Gasteiger partial charge in [0, 0.05) is 6.20 Å². The Morgan fingerprint density at radius 1 is 1.58 bits per heavy atom. The SMILES string of the molecule is Nc1c(Cl)ccnc1OC(F)F. The zero-order valence-corrected chi connectivity index (χ0v) is 6.55. The van der Waals surface area contributed by atoms with Gasteiger partial charge in [-0.25, -0.2) is 4.98 Å². The van der Waals surface area contributed by atoms with Gasteiger partial charge in [0.2, 0.25) is 5.88 Å². The number of halogens is 3. The van der Waals surface area contributed by atoms with Crippen LogP contribution in [-0.4, -0.2) is 11.6 Å². The molecule has 0 unspecified atom stereocenters. The molecule has 0 spiro atoms. The number of alkyl halides is 2. The fourth-order valence-corrected chi connectivity index (χ4v) is 0.747. The summed E-state index contributed by atoms with van der Waals surface area (Å²) in [5.41, 5.74) is 5.19. The minimum atomic E-state index is -2.95. The van der Waals surface area contributed by atoms with E-state index in [4.69, 9.17) is 17.3 Å². The van der Waals surface area contributed by atoms with E-state index in [1.54, 1.807) is 0 Å². The van der Waals surface area contributed by atoms with Crippen LogP contribution < -0.4 is 10.5 Å². The van der Waals surface area contributed by atoms with E-state index in [1.807, 2.05) is 0 Å². The number of hydrogen-bond donors (Lipinski definition) is 1. The lowest BCUT2D eigenvalue weighted by Crippen LogP contribution is -2.06. The van der Waals surface area contributed by atoms with Crippen LogP contribution in [0.1, 0.15) is 0 Å². The van der Waals surface area contributed by atoms with Crippen LogP contribution >= 0.6 is 11.6 Å². The molecule has 1 aromatic heterocycles. The minimum absolute atomic E-state index is 0.0838. The highest BCUT2D eigenvalue weighted by molar-refractivity contribution is 6.33. The van der Waals surface area contributed by atoms with Gasteiger partial charge in [0.1, 0.15) is 5.69 Å².